The fraction of sp³-hybridized carbons (Fsp3) is 0.949. The molecule has 0 heterocycles. The van der Waals surface area contributed by atoms with Gasteiger partial charge in [0.15, 0.2) is 0 Å². The number of carboxylic acids is 1. The minimum atomic E-state index is -1.12. The van der Waals surface area contributed by atoms with Gasteiger partial charge in [0.05, 0.1) is 126 Å². The van der Waals surface area contributed by atoms with Crippen LogP contribution in [0.3, 0.4) is 0 Å². The Morgan fingerprint density at radius 3 is 0.944 bits per heavy atom. The smallest absolute Gasteiger partial charge is 0.329 e. The van der Waals surface area contributed by atoms with E-state index in [0.29, 0.717) is 132 Å². The molecular formula is C39H77NO14. The maximum atomic E-state index is 11.4. The number of amides is 1. The van der Waals surface area contributed by atoms with Gasteiger partial charge in [-0.3, -0.25) is 4.79 Å². The predicted molar refractivity (Wildman–Crippen MR) is 205 cm³/mol. The Kier molecular flexibility index (Phi) is 46.3. The second-order valence-electron chi connectivity index (χ2n) is 12.6. The highest BCUT2D eigenvalue weighted by atomic mass is 16.6. The van der Waals surface area contributed by atoms with E-state index >= 15 is 0 Å². The van der Waals surface area contributed by atoms with E-state index in [4.69, 9.17) is 52.5 Å². The maximum absolute atomic E-state index is 11.4. The summed E-state index contributed by atoms with van der Waals surface area (Å²) in [6.45, 7) is 11.9. The summed E-state index contributed by atoms with van der Waals surface area (Å²) in [5.41, 5.74) is 0. The van der Waals surface area contributed by atoms with E-state index in [0.717, 1.165) is 13.0 Å². The number of hydrogen-bond donors (Lipinski definition) is 2. The fourth-order valence-corrected chi connectivity index (χ4v) is 4.85. The molecule has 0 aliphatic carbocycles. The van der Waals surface area contributed by atoms with Gasteiger partial charge in [-0.25, -0.2) is 4.79 Å². The predicted octanol–water partition coefficient (Wildman–Crippen LogP) is 4.46. The third-order valence-electron chi connectivity index (χ3n) is 7.77. The monoisotopic (exact) mass is 784 g/mol. The van der Waals surface area contributed by atoms with E-state index in [1.165, 1.54) is 77.0 Å². The van der Waals surface area contributed by atoms with Crippen LogP contribution in [0.25, 0.3) is 0 Å². The summed E-state index contributed by atoms with van der Waals surface area (Å²) in [5.74, 6) is -1.51. The average molecular weight is 784 g/mol. The number of carbonyl (C=O) groups is 2. The van der Waals surface area contributed by atoms with Crippen LogP contribution in [0.4, 0.5) is 0 Å². The zero-order valence-electron chi connectivity index (χ0n) is 33.7. The number of carboxylic acid groups (broad SMARTS) is 1. The van der Waals surface area contributed by atoms with Crippen molar-refractivity contribution in [2.75, 3.05) is 152 Å². The first-order valence-electron chi connectivity index (χ1n) is 20.5. The van der Waals surface area contributed by atoms with Crippen molar-refractivity contribution in [1.29, 1.82) is 0 Å². The summed E-state index contributed by atoms with van der Waals surface area (Å²) in [4.78, 5) is 21.7. The molecule has 15 heteroatoms. The number of unbranched alkanes of at least 4 members (excludes halogenated alkanes) is 12. The minimum absolute atomic E-state index is 0.299. The van der Waals surface area contributed by atoms with E-state index in [9.17, 15) is 9.59 Å². The average Bonchev–Trinajstić information content (AvgIpc) is 3.16. The largest absolute Gasteiger partial charge is 0.480 e. The molecule has 0 aromatic rings. The van der Waals surface area contributed by atoms with Crippen molar-refractivity contribution in [2.45, 2.75) is 90.4 Å². The number of hydrogen-bond acceptors (Lipinski definition) is 13. The van der Waals surface area contributed by atoms with Crippen LogP contribution in [0.1, 0.15) is 90.4 Å². The summed E-state index contributed by atoms with van der Waals surface area (Å²) in [7, 11) is 0. The van der Waals surface area contributed by atoms with E-state index < -0.39 is 18.5 Å². The SMILES string of the molecule is CCCCCCCCCCCCCCCOCCOCCOCCOCCOCCOCCOCCOCCOCCOCCNC(=O)COCC(=O)O. The van der Waals surface area contributed by atoms with Crippen LogP contribution in [0.5, 0.6) is 0 Å². The minimum Gasteiger partial charge on any atom is -0.480 e. The van der Waals surface area contributed by atoms with Crippen LogP contribution in [-0.2, 0) is 61.7 Å². The number of carbonyl (C=O) groups excluding carboxylic acids is 1. The Balaban J connectivity index is 3.09. The summed E-state index contributed by atoms with van der Waals surface area (Å²) in [6, 6.07) is 0. The standard InChI is InChI=1S/C39H77NO14/c1-2-3-4-5-6-7-8-9-10-11-12-13-14-16-44-18-20-46-22-24-48-26-28-50-30-32-52-34-35-53-33-31-51-29-27-49-25-23-47-21-19-45-17-15-40-38(41)36-54-37-39(42)43/h2-37H2,1H3,(H,40,41)(H,42,43). The molecule has 0 aliphatic rings. The number of ether oxygens (including phenoxy) is 11. The third kappa shape index (κ3) is 48.5. The van der Waals surface area contributed by atoms with Crippen molar-refractivity contribution in [1.82, 2.24) is 5.32 Å². The second-order valence-corrected chi connectivity index (χ2v) is 12.6. The van der Waals surface area contributed by atoms with Crippen molar-refractivity contribution in [3.05, 3.63) is 0 Å². The van der Waals surface area contributed by atoms with Gasteiger partial charge in [0.2, 0.25) is 5.91 Å². The Morgan fingerprint density at radius 1 is 0.352 bits per heavy atom. The van der Waals surface area contributed by atoms with Crippen LogP contribution in [0, 0.1) is 0 Å². The Morgan fingerprint density at radius 2 is 0.630 bits per heavy atom. The summed E-state index contributed by atoms with van der Waals surface area (Å²) >= 11 is 0. The zero-order valence-corrected chi connectivity index (χ0v) is 33.7. The van der Waals surface area contributed by atoms with Gasteiger partial charge in [-0.1, -0.05) is 84.0 Å². The van der Waals surface area contributed by atoms with Crippen LogP contribution in [-0.4, -0.2) is 169 Å². The molecule has 0 unspecified atom stereocenters. The first-order valence-corrected chi connectivity index (χ1v) is 20.5. The molecule has 0 fully saturated rings. The maximum Gasteiger partial charge on any atom is 0.329 e. The molecule has 15 nitrogen and oxygen atoms in total. The molecule has 0 spiro atoms. The normalized spacial score (nSPS) is 11.4. The Hall–Kier alpha value is -1.50. The Labute approximate surface area is 326 Å². The van der Waals surface area contributed by atoms with E-state index in [1.807, 2.05) is 0 Å². The molecule has 0 saturated heterocycles. The van der Waals surface area contributed by atoms with Crippen LogP contribution in [0.2, 0.25) is 0 Å². The molecule has 0 radical (unpaired) electrons. The number of rotatable bonds is 48. The molecule has 1 amide bonds. The highest BCUT2D eigenvalue weighted by Crippen LogP contribution is 2.12. The highest BCUT2D eigenvalue weighted by Gasteiger charge is 2.03. The van der Waals surface area contributed by atoms with Crippen molar-refractivity contribution in [2.24, 2.45) is 0 Å². The van der Waals surface area contributed by atoms with Crippen molar-refractivity contribution in [3.63, 3.8) is 0 Å². The Bertz CT molecular complexity index is 752. The zero-order chi connectivity index (χ0) is 39.1. The van der Waals surface area contributed by atoms with Gasteiger partial charge in [-0.2, -0.15) is 0 Å². The molecule has 0 rings (SSSR count). The van der Waals surface area contributed by atoms with Crippen LogP contribution < -0.4 is 5.32 Å². The van der Waals surface area contributed by atoms with Gasteiger partial charge >= 0.3 is 5.97 Å². The molecule has 0 saturated carbocycles. The lowest BCUT2D eigenvalue weighted by molar-refractivity contribution is -0.143. The van der Waals surface area contributed by atoms with Gasteiger partial charge in [0, 0.05) is 13.2 Å². The molecule has 2 N–H and O–H groups in total. The van der Waals surface area contributed by atoms with Crippen molar-refractivity contribution in [3.8, 4) is 0 Å². The second kappa shape index (κ2) is 47.7. The molecule has 54 heavy (non-hydrogen) atoms. The van der Waals surface area contributed by atoms with Gasteiger partial charge in [-0.15, -0.1) is 0 Å². The highest BCUT2D eigenvalue weighted by molar-refractivity contribution is 5.77. The van der Waals surface area contributed by atoms with Gasteiger partial charge in [0.1, 0.15) is 13.2 Å². The van der Waals surface area contributed by atoms with E-state index in [-0.39, 0.29) is 6.61 Å². The number of aliphatic carboxylic acids is 1. The third-order valence-corrected chi connectivity index (χ3v) is 7.77. The molecule has 322 valence electrons. The molecular weight excluding hydrogens is 706 g/mol. The lowest BCUT2D eigenvalue weighted by atomic mass is 10.0. The molecule has 0 aromatic carbocycles. The van der Waals surface area contributed by atoms with Gasteiger partial charge in [0.25, 0.3) is 0 Å². The molecule has 0 aliphatic heterocycles. The lowest BCUT2D eigenvalue weighted by Gasteiger charge is -2.09. The summed E-state index contributed by atoms with van der Waals surface area (Å²) < 4.78 is 59.6. The van der Waals surface area contributed by atoms with Crippen molar-refractivity contribution >= 4 is 11.9 Å². The quantitative estimate of drug-likeness (QED) is 0.0831. The number of nitrogens with one attached hydrogen (secondary N) is 1. The fourth-order valence-electron chi connectivity index (χ4n) is 4.85. The molecule has 0 bridgehead atoms. The first kappa shape index (κ1) is 52.5. The molecule has 0 atom stereocenters. The van der Waals surface area contributed by atoms with Crippen LogP contribution in [0.15, 0.2) is 0 Å². The van der Waals surface area contributed by atoms with Gasteiger partial charge < -0.3 is 62.5 Å². The van der Waals surface area contributed by atoms with E-state index in [2.05, 4.69) is 17.0 Å². The van der Waals surface area contributed by atoms with E-state index in [1.54, 1.807) is 0 Å². The van der Waals surface area contributed by atoms with Gasteiger partial charge in [-0.05, 0) is 6.42 Å². The summed E-state index contributed by atoms with van der Waals surface area (Å²) in [6.07, 6.45) is 17.7. The van der Waals surface area contributed by atoms with Crippen LogP contribution >= 0.6 is 0 Å². The molecule has 0 aromatic heterocycles. The topological polar surface area (TPSA) is 168 Å². The first-order chi connectivity index (χ1) is 26.7. The summed E-state index contributed by atoms with van der Waals surface area (Å²) in [5, 5.41) is 11.0. The van der Waals surface area contributed by atoms with Crippen molar-refractivity contribution < 1.29 is 66.8 Å². The lowest BCUT2D eigenvalue weighted by Crippen LogP contribution is -2.31.